The summed E-state index contributed by atoms with van der Waals surface area (Å²) in [5, 5.41) is 2.54. The first-order chi connectivity index (χ1) is 10.3. The normalized spacial score (nSPS) is 12.9. The van der Waals surface area contributed by atoms with Gasteiger partial charge in [0.05, 0.1) is 17.1 Å². The van der Waals surface area contributed by atoms with E-state index in [1.807, 2.05) is 13.0 Å². The highest BCUT2D eigenvalue weighted by molar-refractivity contribution is 6.05. The van der Waals surface area contributed by atoms with Crippen LogP contribution in [0.15, 0.2) is 60.8 Å². The maximum absolute atomic E-state index is 6.29. The van der Waals surface area contributed by atoms with Crippen molar-refractivity contribution >= 4 is 33.9 Å². The van der Waals surface area contributed by atoms with Gasteiger partial charge in [-0.1, -0.05) is 42.5 Å². The van der Waals surface area contributed by atoms with E-state index in [0.717, 1.165) is 16.9 Å². The summed E-state index contributed by atoms with van der Waals surface area (Å²) in [4.78, 5) is 2.18. The Hall–Kier alpha value is -2.74. The van der Waals surface area contributed by atoms with Crippen LogP contribution in [0.1, 0.15) is 11.1 Å². The molecular weight excluding hydrogens is 256 g/mol. The summed E-state index contributed by atoms with van der Waals surface area (Å²) in [6.45, 7) is 2.04. The van der Waals surface area contributed by atoms with Gasteiger partial charge in [0, 0.05) is 11.6 Å². The summed E-state index contributed by atoms with van der Waals surface area (Å²) >= 11 is 0. The number of nitrogen functional groups attached to an aromatic ring is 1. The summed E-state index contributed by atoms with van der Waals surface area (Å²) in [7, 11) is 0. The van der Waals surface area contributed by atoms with Crippen molar-refractivity contribution in [3.05, 3.63) is 71.9 Å². The Kier molecular flexibility index (Phi) is 2.51. The Bertz CT molecular complexity index is 873. The van der Waals surface area contributed by atoms with Gasteiger partial charge in [-0.2, -0.15) is 0 Å². The van der Waals surface area contributed by atoms with Gasteiger partial charge in [-0.25, -0.2) is 0 Å². The van der Waals surface area contributed by atoms with Crippen LogP contribution in [0, 0.1) is 6.92 Å². The number of aryl methyl sites for hydroxylation is 1. The highest BCUT2D eigenvalue weighted by atomic mass is 15.1. The first kappa shape index (κ1) is 12.0. The van der Waals surface area contributed by atoms with Crippen LogP contribution in [0.5, 0.6) is 0 Å². The topological polar surface area (TPSA) is 29.3 Å². The van der Waals surface area contributed by atoms with Crippen LogP contribution in [0.25, 0.3) is 16.8 Å². The highest BCUT2D eigenvalue weighted by Gasteiger charge is 2.17. The van der Waals surface area contributed by atoms with Crippen LogP contribution < -0.4 is 10.6 Å². The standard InChI is InChI=1S/C19H16N2/c1-13-5-2-10-17(19(13)20)21-12-11-15-7-3-6-14-8-4-9-16(21)18(14)15/h2-12H,20H2,1H3. The zero-order valence-corrected chi connectivity index (χ0v) is 11.9. The maximum atomic E-state index is 6.29. The lowest BCUT2D eigenvalue weighted by Gasteiger charge is -2.28. The maximum Gasteiger partial charge on any atom is 0.0688 e. The molecule has 0 radical (unpaired) electrons. The third-order valence-corrected chi connectivity index (χ3v) is 4.14. The summed E-state index contributed by atoms with van der Waals surface area (Å²) < 4.78 is 0. The second kappa shape index (κ2) is 4.38. The Balaban J connectivity index is 2.00. The molecule has 0 saturated carbocycles. The first-order valence-electron chi connectivity index (χ1n) is 7.10. The number of para-hydroxylation sites is 1. The van der Waals surface area contributed by atoms with Crippen LogP contribution in [-0.2, 0) is 0 Å². The van der Waals surface area contributed by atoms with Crippen LogP contribution in [-0.4, -0.2) is 0 Å². The zero-order chi connectivity index (χ0) is 14.4. The molecule has 3 aromatic rings. The van der Waals surface area contributed by atoms with Crippen LogP contribution in [0.2, 0.25) is 0 Å². The largest absolute Gasteiger partial charge is 0.397 e. The Morgan fingerprint density at radius 1 is 0.857 bits per heavy atom. The van der Waals surface area contributed by atoms with Crippen molar-refractivity contribution in [2.24, 2.45) is 0 Å². The van der Waals surface area contributed by atoms with Gasteiger partial charge in [0.1, 0.15) is 0 Å². The molecule has 0 bridgehead atoms. The number of hydrogen-bond acceptors (Lipinski definition) is 2. The van der Waals surface area contributed by atoms with Crippen molar-refractivity contribution in [3.8, 4) is 0 Å². The fourth-order valence-electron chi connectivity index (χ4n) is 3.01. The monoisotopic (exact) mass is 272 g/mol. The van der Waals surface area contributed by atoms with E-state index in [4.69, 9.17) is 5.73 Å². The molecule has 0 amide bonds. The van der Waals surface area contributed by atoms with Crippen molar-refractivity contribution in [1.82, 2.24) is 0 Å². The Labute approximate surface area is 124 Å². The SMILES string of the molecule is Cc1cccc(N2C=Cc3cccc4cccc2c34)c1N. The van der Waals surface area contributed by atoms with E-state index in [2.05, 4.69) is 65.7 Å². The van der Waals surface area contributed by atoms with E-state index in [1.54, 1.807) is 0 Å². The van der Waals surface area contributed by atoms with Crippen molar-refractivity contribution in [1.29, 1.82) is 0 Å². The number of rotatable bonds is 1. The molecule has 1 heterocycles. The predicted molar refractivity (Wildman–Crippen MR) is 90.7 cm³/mol. The fourth-order valence-corrected chi connectivity index (χ4v) is 3.01. The molecule has 0 unspecified atom stereocenters. The third-order valence-electron chi connectivity index (χ3n) is 4.14. The van der Waals surface area contributed by atoms with E-state index >= 15 is 0 Å². The molecule has 0 fully saturated rings. The minimum atomic E-state index is 0.832. The van der Waals surface area contributed by atoms with E-state index < -0.39 is 0 Å². The lowest BCUT2D eigenvalue weighted by Crippen LogP contribution is -2.14. The van der Waals surface area contributed by atoms with Crippen LogP contribution >= 0.6 is 0 Å². The fraction of sp³-hybridized carbons (Fsp3) is 0.0526. The first-order valence-corrected chi connectivity index (χ1v) is 7.10. The van der Waals surface area contributed by atoms with Crippen LogP contribution in [0.3, 0.4) is 0 Å². The van der Waals surface area contributed by atoms with Gasteiger partial charge >= 0.3 is 0 Å². The van der Waals surface area contributed by atoms with Gasteiger partial charge in [0.2, 0.25) is 0 Å². The third kappa shape index (κ3) is 1.73. The minimum absolute atomic E-state index is 0.832. The summed E-state index contributed by atoms with van der Waals surface area (Å²) in [5.74, 6) is 0. The quantitative estimate of drug-likeness (QED) is 0.641. The molecule has 0 saturated heterocycles. The molecule has 21 heavy (non-hydrogen) atoms. The van der Waals surface area contributed by atoms with Crippen molar-refractivity contribution in [2.45, 2.75) is 6.92 Å². The van der Waals surface area contributed by atoms with Gasteiger partial charge in [0.15, 0.2) is 0 Å². The number of anilines is 3. The molecule has 2 heteroatoms. The van der Waals surface area contributed by atoms with Gasteiger partial charge in [-0.3, -0.25) is 0 Å². The molecule has 0 spiro atoms. The van der Waals surface area contributed by atoms with Crippen molar-refractivity contribution < 1.29 is 0 Å². The summed E-state index contributed by atoms with van der Waals surface area (Å²) in [6.07, 6.45) is 4.25. The molecule has 2 nitrogen and oxygen atoms in total. The molecular formula is C19H16N2. The van der Waals surface area contributed by atoms with Crippen molar-refractivity contribution in [2.75, 3.05) is 10.6 Å². The lowest BCUT2D eigenvalue weighted by atomic mass is 9.99. The molecule has 0 atom stereocenters. The number of benzene rings is 3. The number of hydrogen-bond donors (Lipinski definition) is 1. The highest BCUT2D eigenvalue weighted by Crippen LogP contribution is 2.40. The second-order valence-electron chi connectivity index (χ2n) is 5.42. The van der Waals surface area contributed by atoms with E-state index in [-0.39, 0.29) is 0 Å². The lowest BCUT2D eigenvalue weighted by molar-refractivity contribution is 1.28. The van der Waals surface area contributed by atoms with E-state index in [0.29, 0.717) is 0 Å². The summed E-state index contributed by atoms with van der Waals surface area (Å²) in [6, 6.07) is 19.0. The molecule has 1 aliphatic heterocycles. The molecule has 102 valence electrons. The van der Waals surface area contributed by atoms with Crippen LogP contribution in [0.4, 0.5) is 17.1 Å². The predicted octanol–water partition coefficient (Wildman–Crippen LogP) is 4.85. The Morgan fingerprint density at radius 2 is 1.57 bits per heavy atom. The Morgan fingerprint density at radius 3 is 2.43 bits per heavy atom. The van der Waals surface area contributed by atoms with Crippen molar-refractivity contribution in [3.63, 3.8) is 0 Å². The minimum Gasteiger partial charge on any atom is -0.397 e. The van der Waals surface area contributed by atoms with E-state index in [9.17, 15) is 0 Å². The molecule has 0 aromatic heterocycles. The molecule has 3 aromatic carbocycles. The van der Waals surface area contributed by atoms with Gasteiger partial charge < -0.3 is 10.6 Å². The van der Waals surface area contributed by atoms with Gasteiger partial charge in [-0.05, 0) is 41.6 Å². The van der Waals surface area contributed by atoms with Gasteiger partial charge in [-0.15, -0.1) is 0 Å². The molecule has 0 aliphatic carbocycles. The average Bonchev–Trinajstić information content (AvgIpc) is 2.52. The number of nitrogens with two attached hydrogens (primary N) is 1. The zero-order valence-electron chi connectivity index (χ0n) is 11.9. The van der Waals surface area contributed by atoms with E-state index in [1.165, 1.54) is 22.0 Å². The average molecular weight is 272 g/mol. The second-order valence-corrected chi connectivity index (χ2v) is 5.42. The molecule has 4 rings (SSSR count). The molecule has 2 N–H and O–H groups in total. The number of nitrogens with zero attached hydrogens (tertiary/aromatic N) is 1. The molecule has 1 aliphatic rings. The smallest absolute Gasteiger partial charge is 0.0688 e. The van der Waals surface area contributed by atoms with Gasteiger partial charge in [0.25, 0.3) is 0 Å². The summed E-state index contributed by atoms with van der Waals surface area (Å²) in [5.41, 5.74) is 11.7.